The van der Waals surface area contributed by atoms with Crippen LogP contribution in [0.5, 0.6) is 0 Å². The predicted octanol–water partition coefficient (Wildman–Crippen LogP) is 2.29. The van der Waals surface area contributed by atoms with E-state index in [1.54, 1.807) is 23.1 Å². The standard InChI is InChI=1S/C23H22ClN7O5/c24-16-2-1-3-17(27-16)28-22(34)20-11-4-6-13(8-11)31(20)18(32)10-30-15-9-12(26-23(35)36)5-7-14(15)19(29-30)21(25)33/h1-3,5,7,9,11,13,20,26H,4,6,8,10H2,(H2,25,33)(H,35,36)(H,27,28,34)/t11-,13+,20-/m0/s1. The number of nitrogens with one attached hydrogen (secondary N) is 2. The first-order chi connectivity index (χ1) is 17.2. The molecule has 3 heterocycles. The van der Waals surface area contributed by atoms with Crippen molar-refractivity contribution in [3.8, 4) is 0 Å². The number of aromatic nitrogens is 3. The van der Waals surface area contributed by atoms with E-state index in [1.165, 1.54) is 22.9 Å². The number of rotatable bonds is 6. The molecule has 1 saturated carbocycles. The number of carbonyl (C=O) groups excluding carboxylic acids is 3. The third-order valence-corrected chi connectivity index (χ3v) is 6.84. The number of hydrogen-bond donors (Lipinski definition) is 4. The Bertz CT molecular complexity index is 1410. The number of fused-ring (bicyclic) bond motifs is 3. The number of benzene rings is 1. The van der Waals surface area contributed by atoms with E-state index in [4.69, 9.17) is 22.4 Å². The number of pyridine rings is 1. The molecule has 5 rings (SSSR count). The SMILES string of the molecule is NC(=O)c1nn(CC(=O)N2[C@@H]3CC[C@@H](C3)[C@H]2C(=O)Nc2cccc(Cl)n2)c2cc(NC(=O)O)ccc12. The van der Waals surface area contributed by atoms with Gasteiger partial charge in [-0.1, -0.05) is 17.7 Å². The monoisotopic (exact) mass is 511 g/mol. The van der Waals surface area contributed by atoms with Gasteiger partial charge in [0.2, 0.25) is 11.8 Å². The molecule has 4 amide bonds. The zero-order chi connectivity index (χ0) is 25.6. The van der Waals surface area contributed by atoms with Crippen molar-refractivity contribution in [3.05, 3.63) is 47.2 Å². The Morgan fingerprint density at radius 3 is 2.67 bits per heavy atom. The van der Waals surface area contributed by atoms with Crippen LogP contribution in [0.2, 0.25) is 5.15 Å². The summed E-state index contributed by atoms with van der Waals surface area (Å²) < 4.78 is 1.31. The second kappa shape index (κ2) is 9.11. The minimum Gasteiger partial charge on any atom is -0.465 e. The third-order valence-electron chi connectivity index (χ3n) is 6.63. The van der Waals surface area contributed by atoms with Gasteiger partial charge in [0.25, 0.3) is 5.91 Å². The summed E-state index contributed by atoms with van der Waals surface area (Å²) in [6, 6.07) is 8.57. The van der Waals surface area contributed by atoms with Gasteiger partial charge in [-0.2, -0.15) is 5.10 Å². The van der Waals surface area contributed by atoms with Crippen LogP contribution in [-0.2, 0) is 16.1 Å². The summed E-state index contributed by atoms with van der Waals surface area (Å²) in [5, 5.41) is 18.9. The van der Waals surface area contributed by atoms with Crippen molar-refractivity contribution < 1.29 is 24.3 Å². The Morgan fingerprint density at radius 2 is 1.94 bits per heavy atom. The van der Waals surface area contributed by atoms with Crippen LogP contribution in [0.15, 0.2) is 36.4 Å². The van der Waals surface area contributed by atoms with Crippen molar-refractivity contribution in [3.63, 3.8) is 0 Å². The maximum atomic E-state index is 13.5. The number of carbonyl (C=O) groups is 4. The lowest BCUT2D eigenvalue weighted by Gasteiger charge is -2.34. The van der Waals surface area contributed by atoms with Gasteiger partial charge in [-0.3, -0.25) is 24.4 Å². The Labute approximate surface area is 209 Å². The average molecular weight is 512 g/mol. The molecule has 0 radical (unpaired) electrons. The highest BCUT2D eigenvalue weighted by molar-refractivity contribution is 6.29. The summed E-state index contributed by atoms with van der Waals surface area (Å²) in [7, 11) is 0. The van der Waals surface area contributed by atoms with Gasteiger partial charge in [0.1, 0.15) is 23.6 Å². The van der Waals surface area contributed by atoms with Gasteiger partial charge in [0, 0.05) is 17.1 Å². The number of nitrogens with two attached hydrogens (primary N) is 1. The highest BCUT2D eigenvalue weighted by Crippen LogP contribution is 2.43. The summed E-state index contributed by atoms with van der Waals surface area (Å²) in [4.78, 5) is 55.4. The van der Waals surface area contributed by atoms with Gasteiger partial charge in [-0.05, 0) is 55.5 Å². The molecule has 3 aromatic rings. The van der Waals surface area contributed by atoms with Gasteiger partial charge in [0.05, 0.1) is 5.52 Å². The average Bonchev–Trinajstić information content (AvgIpc) is 3.52. The number of anilines is 2. The van der Waals surface area contributed by atoms with Crippen molar-refractivity contribution in [1.29, 1.82) is 0 Å². The largest absolute Gasteiger partial charge is 0.465 e. The van der Waals surface area contributed by atoms with Gasteiger partial charge in [-0.15, -0.1) is 0 Å². The van der Waals surface area contributed by atoms with Crippen molar-refractivity contribution in [2.24, 2.45) is 11.7 Å². The maximum Gasteiger partial charge on any atom is 0.409 e. The van der Waals surface area contributed by atoms with Crippen LogP contribution in [0.25, 0.3) is 10.9 Å². The van der Waals surface area contributed by atoms with Crippen LogP contribution in [0.1, 0.15) is 29.8 Å². The molecule has 2 aliphatic rings. The number of carboxylic acid groups (broad SMARTS) is 1. The number of hydrogen-bond acceptors (Lipinski definition) is 6. The molecule has 36 heavy (non-hydrogen) atoms. The number of halogens is 1. The molecule has 2 bridgehead atoms. The molecule has 186 valence electrons. The van der Waals surface area contributed by atoms with E-state index >= 15 is 0 Å². The topological polar surface area (TPSA) is 173 Å². The molecule has 5 N–H and O–H groups in total. The normalized spacial score (nSPS) is 20.5. The lowest BCUT2D eigenvalue weighted by Crippen LogP contribution is -2.52. The fourth-order valence-electron chi connectivity index (χ4n) is 5.25. The zero-order valence-electron chi connectivity index (χ0n) is 18.8. The molecule has 0 unspecified atom stereocenters. The second-order valence-electron chi connectivity index (χ2n) is 8.84. The summed E-state index contributed by atoms with van der Waals surface area (Å²) >= 11 is 5.92. The number of primary amides is 1. The van der Waals surface area contributed by atoms with Gasteiger partial charge < -0.3 is 21.1 Å². The molecule has 0 spiro atoms. The number of piperidine rings is 1. The summed E-state index contributed by atoms with van der Waals surface area (Å²) in [6.45, 7) is -0.261. The third kappa shape index (κ3) is 4.31. The Balaban J connectivity index is 1.43. The fourth-order valence-corrected chi connectivity index (χ4v) is 5.41. The Morgan fingerprint density at radius 1 is 1.14 bits per heavy atom. The minimum absolute atomic E-state index is 0.0139. The van der Waals surface area contributed by atoms with Gasteiger partial charge >= 0.3 is 6.09 Å². The summed E-state index contributed by atoms with van der Waals surface area (Å²) in [5.74, 6) is -1.16. The molecule has 1 aliphatic carbocycles. The van der Waals surface area contributed by atoms with Crippen molar-refractivity contribution >= 4 is 57.8 Å². The molecule has 1 saturated heterocycles. The predicted molar refractivity (Wildman–Crippen MR) is 130 cm³/mol. The van der Waals surface area contributed by atoms with Crippen LogP contribution >= 0.6 is 11.6 Å². The highest BCUT2D eigenvalue weighted by Gasteiger charge is 2.51. The lowest BCUT2D eigenvalue weighted by atomic mass is 9.97. The summed E-state index contributed by atoms with van der Waals surface area (Å²) in [5.41, 5.74) is 6.03. The first-order valence-corrected chi connectivity index (χ1v) is 11.6. The lowest BCUT2D eigenvalue weighted by molar-refractivity contribution is -0.141. The van der Waals surface area contributed by atoms with Crippen LogP contribution in [0, 0.1) is 5.92 Å². The minimum atomic E-state index is -1.26. The van der Waals surface area contributed by atoms with Crippen LogP contribution < -0.4 is 16.4 Å². The molecule has 2 fully saturated rings. The van der Waals surface area contributed by atoms with E-state index < -0.39 is 18.0 Å². The molecular formula is C23H22ClN7O5. The number of nitrogens with zero attached hydrogens (tertiary/aromatic N) is 4. The van der Waals surface area contributed by atoms with E-state index in [9.17, 15) is 19.2 Å². The van der Waals surface area contributed by atoms with Crippen LogP contribution in [-0.4, -0.2) is 60.7 Å². The van der Waals surface area contributed by atoms with Crippen molar-refractivity contribution in [2.75, 3.05) is 10.6 Å². The van der Waals surface area contributed by atoms with E-state index in [0.29, 0.717) is 23.1 Å². The van der Waals surface area contributed by atoms with Gasteiger partial charge in [0.15, 0.2) is 5.69 Å². The summed E-state index contributed by atoms with van der Waals surface area (Å²) in [6.07, 6.45) is 1.07. The zero-order valence-corrected chi connectivity index (χ0v) is 19.6. The highest BCUT2D eigenvalue weighted by atomic mass is 35.5. The first-order valence-electron chi connectivity index (χ1n) is 11.3. The fraction of sp³-hybridized carbons (Fsp3) is 0.304. The second-order valence-corrected chi connectivity index (χ2v) is 9.23. The first kappa shape index (κ1) is 23.5. The maximum absolute atomic E-state index is 13.5. The number of amides is 4. The van der Waals surface area contributed by atoms with Crippen molar-refractivity contribution in [2.45, 2.75) is 37.9 Å². The molecule has 1 aliphatic heterocycles. The number of likely N-dealkylation sites (tertiary alicyclic amines) is 1. The van der Waals surface area contributed by atoms with Gasteiger partial charge in [-0.25, -0.2) is 9.78 Å². The van der Waals surface area contributed by atoms with E-state index in [1.807, 2.05) is 0 Å². The Kier molecular flexibility index (Phi) is 5.96. The van der Waals surface area contributed by atoms with Crippen molar-refractivity contribution in [1.82, 2.24) is 19.7 Å². The van der Waals surface area contributed by atoms with E-state index in [-0.39, 0.29) is 46.9 Å². The smallest absolute Gasteiger partial charge is 0.409 e. The van der Waals surface area contributed by atoms with E-state index in [2.05, 4.69) is 20.7 Å². The molecular weight excluding hydrogens is 490 g/mol. The molecule has 3 atom stereocenters. The van der Waals surface area contributed by atoms with E-state index in [0.717, 1.165) is 12.8 Å². The molecule has 13 heteroatoms. The molecule has 1 aromatic carbocycles. The molecule has 2 aromatic heterocycles. The quantitative estimate of drug-likeness (QED) is 0.367. The Hall–Kier alpha value is -4.19. The van der Waals surface area contributed by atoms with Crippen LogP contribution in [0.4, 0.5) is 16.3 Å². The van der Waals surface area contributed by atoms with Crippen LogP contribution in [0.3, 0.4) is 0 Å². The molecule has 12 nitrogen and oxygen atoms in total.